The van der Waals surface area contributed by atoms with Crippen LogP contribution >= 0.6 is 12.2 Å². The van der Waals surface area contributed by atoms with Gasteiger partial charge >= 0.3 is 0 Å². The maximum Gasteiger partial charge on any atom is 0.195 e. The van der Waals surface area contributed by atoms with Crippen LogP contribution < -0.4 is 0 Å². The first-order valence-electron chi connectivity index (χ1n) is 4.48. The van der Waals surface area contributed by atoms with Crippen LogP contribution in [0, 0.1) is 4.77 Å². The fourth-order valence-corrected chi connectivity index (χ4v) is 1.55. The van der Waals surface area contributed by atoms with Crippen LogP contribution in [0.5, 0.6) is 0 Å². The Balaban J connectivity index is 2.93. The molecular formula is C9H15N3OS. The third kappa shape index (κ3) is 2.30. The number of methoxy groups -OCH3 is 1. The summed E-state index contributed by atoms with van der Waals surface area (Å²) >= 11 is 5.12. The summed E-state index contributed by atoms with van der Waals surface area (Å²) in [7, 11) is 1.67. The van der Waals surface area contributed by atoms with Gasteiger partial charge in [0.05, 0.1) is 12.6 Å². The zero-order chi connectivity index (χ0) is 10.6. The number of nitrogens with zero attached hydrogens (tertiary/aromatic N) is 2. The van der Waals surface area contributed by atoms with Gasteiger partial charge in [0.1, 0.15) is 5.82 Å². The van der Waals surface area contributed by atoms with E-state index in [9.17, 15) is 0 Å². The van der Waals surface area contributed by atoms with Crippen molar-refractivity contribution >= 4 is 12.2 Å². The second-order valence-electron chi connectivity index (χ2n) is 3.03. The van der Waals surface area contributed by atoms with Crippen molar-refractivity contribution in [2.45, 2.75) is 19.4 Å². The number of rotatable bonds is 5. The summed E-state index contributed by atoms with van der Waals surface area (Å²) in [5.74, 6) is 0.907. The molecule has 14 heavy (non-hydrogen) atoms. The lowest BCUT2D eigenvalue weighted by molar-refractivity contribution is 0.199. The standard InChI is InChI=1S/C9H15N3OS/c1-4-7(2)12-8(5-6-13-3)10-11-9(12)14/h4,7H,1,5-6H2,2-3H3,(H,11,14). The van der Waals surface area contributed by atoms with Crippen LogP contribution in [0.3, 0.4) is 0 Å². The smallest absolute Gasteiger partial charge is 0.195 e. The average molecular weight is 213 g/mol. The van der Waals surface area contributed by atoms with E-state index in [0.29, 0.717) is 11.4 Å². The Morgan fingerprint density at radius 3 is 3.07 bits per heavy atom. The van der Waals surface area contributed by atoms with E-state index in [-0.39, 0.29) is 6.04 Å². The number of hydrogen-bond acceptors (Lipinski definition) is 3. The van der Waals surface area contributed by atoms with Crippen LogP contribution in [0.25, 0.3) is 0 Å². The molecule has 0 fully saturated rings. The van der Waals surface area contributed by atoms with Crippen molar-refractivity contribution < 1.29 is 4.74 Å². The van der Waals surface area contributed by atoms with Crippen molar-refractivity contribution in [2.24, 2.45) is 0 Å². The lowest BCUT2D eigenvalue weighted by Crippen LogP contribution is -2.09. The largest absolute Gasteiger partial charge is 0.384 e. The quantitative estimate of drug-likeness (QED) is 0.600. The molecule has 1 N–H and O–H groups in total. The maximum atomic E-state index is 5.12. The molecular weight excluding hydrogens is 198 g/mol. The molecule has 1 heterocycles. The molecule has 0 saturated carbocycles. The minimum atomic E-state index is 0.160. The van der Waals surface area contributed by atoms with E-state index in [0.717, 1.165) is 12.2 Å². The summed E-state index contributed by atoms with van der Waals surface area (Å²) in [6.07, 6.45) is 2.59. The number of nitrogens with one attached hydrogen (secondary N) is 1. The molecule has 0 aliphatic heterocycles. The maximum absolute atomic E-state index is 5.12. The Kier molecular flexibility index (Phi) is 4.03. The summed E-state index contributed by atoms with van der Waals surface area (Å²) in [5.41, 5.74) is 0. The van der Waals surface area contributed by atoms with Gasteiger partial charge in [-0.25, -0.2) is 0 Å². The van der Waals surface area contributed by atoms with Crippen LogP contribution in [-0.2, 0) is 11.2 Å². The first-order valence-corrected chi connectivity index (χ1v) is 4.88. The molecule has 4 nitrogen and oxygen atoms in total. The van der Waals surface area contributed by atoms with Gasteiger partial charge in [0.15, 0.2) is 4.77 Å². The molecule has 1 aromatic rings. The zero-order valence-corrected chi connectivity index (χ0v) is 9.30. The summed E-state index contributed by atoms with van der Waals surface area (Å²) < 4.78 is 7.57. The van der Waals surface area contributed by atoms with Gasteiger partial charge in [-0.2, -0.15) is 5.10 Å². The van der Waals surface area contributed by atoms with Crippen molar-refractivity contribution in [3.8, 4) is 0 Å². The van der Waals surface area contributed by atoms with Crippen molar-refractivity contribution in [3.05, 3.63) is 23.3 Å². The Bertz CT molecular complexity index is 355. The van der Waals surface area contributed by atoms with Crippen LogP contribution in [-0.4, -0.2) is 28.5 Å². The Morgan fingerprint density at radius 1 is 1.79 bits per heavy atom. The lowest BCUT2D eigenvalue weighted by Gasteiger charge is -2.10. The molecule has 1 atom stereocenters. The molecule has 5 heteroatoms. The Hall–Kier alpha value is -0.940. The Morgan fingerprint density at radius 2 is 2.50 bits per heavy atom. The summed E-state index contributed by atoms with van der Waals surface area (Å²) in [6.45, 7) is 6.40. The minimum Gasteiger partial charge on any atom is -0.384 e. The van der Waals surface area contributed by atoms with Crippen molar-refractivity contribution in [1.82, 2.24) is 14.8 Å². The molecule has 0 amide bonds. The lowest BCUT2D eigenvalue weighted by atomic mass is 10.3. The molecule has 0 aliphatic rings. The second-order valence-corrected chi connectivity index (χ2v) is 3.42. The van der Waals surface area contributed by atoms with Gasteiger partial charge in [-0.15, -0.1) is 6.58 Å². The third-order valence-corrected chi connectivity index (χ3v) is 2.34. The summed E-state index contributed by atoms with van der Waals surface area (Å²) in [5, 5.41) is 6.91. The fourth-order valence-electron chi connectivity index (χ4n) is 1.23. The van der Waals surface area contributed by atoms with Gasteiger partial charge in [0, 0.05) is 13.5 Å². The van der Waals surface area contributed by atoms with Crippen LogP contribution in [0.2, 0.25) is 0 Å². The normalized spacial score (nSPS) is 12.7. The molecule has 0 radical (unpaired) electrons. The first kappa shape index (κ1) is 11.1. The predicted molar refractivity (Wildman–Crippen MR) is 57.9 cm³/mol. The highest BCUT2D eigenvalue weighted by Gasteiger charge is 2.09. The molecule has 78 valence electrons. The Labute approximate surface area is 88.6 Å². The number of aromatic nitrogens is 3. The van der Waals surface area contributed by atoms with E-state index in [4.69, 9.17) is 17.0 Å². The van der Waals surface area contributed by atoms with Gasteiger partial charge in [0.2, 0.25) is 0 Å². The van der Waals surface area contributed by atoms with Gasteiger partial charge < -0.3 is 4.74 Å². The SMILES string of the molecule is C=CC(C)n1c(CCOC)n[nH]c1=S. The number of aromatic amines is 1. The topological polar surface area (TPSA) is 42.8 Å². The molecule has 1 aromatic heterocycles. The second kappa shape index (κ2) is 5.07. The van der Waals surface area contributed by atoms with Gasteiger partial charge in [-0.1, -0.05) is 6.08 Å². The molecule has 1 unspecified atom stereocenters. The average Bonchev–Trinajstić information content (AvgIpc) is 2.55. The molecule has 0 bridgehead atoms. The van der Waals surface area contributed by atoms with Crippen LogP contribution in [0.15, 0.2) is 12.7 Å². The van der Waals surface area contributed by atoms with E-state index in [2.05, 4.69) is 16.8 Å². The molecule has 0 aliphatic carbocycles. The highest BCUT2D eigenvalue weighted by atomic mass is 32.1. The number of ether oxygens (including phenoxy) is 1. The number of allylic oxidation sites excluding steroid dienone is 1. The van der Waals surface area contributed by atoms with Gasteiger partial charge in [-0.05, 0) is 19.1 Å². The minimum absolute atomic E-state index is 0.160. The van der Waals surface area contributed by atoms with Crippen LogP contribution in [0.1, 0.15) is 18.8 Å². The fraction of sp³-hybridized carbons (Fsp3) is 0.556. The van der Waals surface area contributed by atoms with Crippen LogP contribution in [0.4, 0.5) is 0 Å². The van der Waals surface area contributed by atoms with Gasteiger partial charge in [-0.3, -0.25) is 9.67 Å². The molecule has 1 rings (SSSR count). The van der Waals surface area contributed by atoms with Gasteiger partial charge in [0.25, 0.3) is 0 Å². The van der Waals surface area contributed by atoms with E-state index in [1.165, 1.54) is 0 Å². The number of hydrogen-bond donors (Lipinski definition) is 1. The predicted octanol–water partition coefficient (Wildman–Crippen LogP) is 1.88. The third-order valence-electron chi connectivity index (χ3n) is 2.06. The number of H-pyrrole nitrogens is 1. The highest BCUT2D eigenvalue weighted by molar-refractivity contribution is 7.71. The van der Waals surface area contributed by atoms with E-state index in [1.807, 2.05) is 17.6 Å². The summed E-state index contributed by atoms with van der Waals surface area (Å²) in [6, 6.07) is 0.160. The highest BCUT2D eigenvalue weighted by Crippen LogP contribution is 2.10. The van der Waals surface area contributed by atoms with Crippen molar-refractivity contribution in [2.75, 3.05) is 13.7 Å². The van der Waals surface area contributed by atoms with Crippen molar-refractivity contribution in [3.63, 3.8) is 0 Å². The van der Waals surface area contributed by atoms with E-state index >= 15 is 0 Å². The zero-order valence-electron chi connectivity index (χ0n) is 8.49. The molecule has 0 saturated heterocycles. The monoisotopic (exact) mass is 213 g/mol. The first-order chi connectivity index (χ1) is 6.70. The van der Waals surface area contributed by atoms with Crippen molar-refractivity contribution in [1.29, 1.82) is 0 Å². The summed E-state index contributed by atoms with van der Waals surface area (Å²) in [4.78, 5) is 0. The van der Waals surface area contributed by atoms with E-state index in [1.54, 1.807) is 7.11 Å². The van der Waals surface area contributed by atoms with E-state index < -0.39 is 0 Å². The molecule has 0 spiro atoms. The molecule has 0 aromatic carbocycles.